The van der Waals surface area contributed by atoms with E-state index in [-0.39, 0.29) is 34.0 Å². The Morgan fingerprint density at radius 1 is 0.750 bits per heavy atom. The van der Waals surface area contributed by atoms with Crippen LogP contribution in [0.5, 0.6) is 0 Å². The second-order valence-corrected chi connectivity index (χ2v) is 9.23. The lowest BCUT2D eigenvalue weighted by atomic mass is 10.1. The van der Waals surface area contributed by atoms with Gasteiger partial charge in [0.1, 0.15) is 23.5 Å². The van der Waals surface area contributed by atoms with Crippen molar-refractivity contribution in [3.8, 4) is 0 Å². The molecule has 0 unspecified atom stereocenters. The van der Waals surface area contributed by atoms with Crippen molar-refractivity contribution in [1.29, 1.82) is 0 Å². The molecule has 2 heterocycles. The number of aromatic nitrogens is 1. The molecular formula is C23H21N3O8S2. The van der Waals surface area contributed by atoms with Crippen molar-refractivity contribution in [2.24, 2.45) is 0 Å². The molecule has 0 radical (unpaired) electrons. The maximum Gasteiger partial charge on any atom is 0.329 e. The number of rotatable bonds is 2. The number of hydrogen-bond donors (Lipinski definition) is 2. The highest BCUT2D eigenvalue weighted by Gasteiger charge is 2.29. The van der Waals surface area contributed by atoms with Gasteiger partial charge in [-0.3, -0.25) is 19.2 Å². The Kier molecular flexibility index (Phi) is 9.19. The normalized spacial score (nSPS) is 19.3. The minimum atomic E-state index is -1.22. The molecule has 0 saturated heterocycles. The number of hydrogen-bond acceptors (Lipinski definition) is 11. The van der Waals surface area contributed by atoms with Gasteiger partial charge in [0, 0.05) is 22.6 Å². The zero-order valence-electron chi connectivity index (χ0n) is 19.1. The van der Waals surface area contributed by atoms with Crippen LogP contribution in [-0.4, -0.2) is 76.8 Å². The van der Waals surface area contributed by atoms with Gasteiger partial charge in [-0.25, -0.2) is 14.6 Å². The molecule has 1 aliphatic rings. The number of fused-ring (bicyclic) bond motifs is 3. The van der Waals surface area contributed by atoms with Crippen molar-refractivity contribution < 1.29 is 38.2 Å². The third kappa shape index (κ3) is 6.49. The van der Waals surface area contributed by atoms with Crippen LogP contribution in [0, 0.1) is 0 Å². The number of ether oxygens (including phenoxy) is 2. The van der Waals surface area contributed by atoms with Crippen LogP contribution in [0.3, 0.4) is 0 Å². The molecule has 36 heavy (non-hydrogen) atoms. The molecule has 13 heteroatoms. The summed E-state index contributed by atoms with van der Waals surface area (Å²) in [7, 11) is 2.27. The van der Waals surface area contributed by atoms with E-state index in [1.165, 1.54) is 30.3 Å². The minimum Gasteiger partial charge on any atom is -0.467 e. The molecule has 2 N–H and O–H groups in total. The molecular weight excluding hydrogens is 510 g/mol. The highest BCUT2D eigenvalue weighted by molar-refractivity contribution is 8.14. The Hall–Kier alpha value is -3.71. The number of nitrogens with one attached hydrogen (secondary N) is 2. The summed E-state index contributed by atoms with van der Waals surface area (Å²) in [5, 5.41) is 3.88. The SMILES string of the molecule is COC(=O)[C@H]1CSC(=O)c2ccccc2C(=O)SC[C@H](C(=O)OC)NC(=O)c2cccc(n2)C(=O)N1. The van der Waals surface area contributed by atoms with Gasteiger partial charge < -0.3 is 20.1 Å². The van der Waals surface area contributed by atoms with Crippen LogP contribution in [0.1, 0.15) is 41.7 Å². The summed E-state index contributed by atoms with van der Waals surface area (Å²) < 4.78 is 9.47. The number of amides is 2. The molecule has 188 valence electrons. The van der Waals surface area contributed by atoms with Crippen molar-refractivity contribution in [3.63, 3.8) is 0 Å². The maximum absolute atomic E-state index is 12.9. The van der Waals surface area contributed by atoms with E-state index in [2.05, 4.69) is 15.6 Å². The average Bonchev–Trinajstić information content (AvgIpc) is 2.91. The van der Waals surface area contributed by atoms with Gasteiger partial charge in [0.15, 0.2) is 0 Å². The molecule has 0 spiro atoms. The van der Waals surface area contributed by atoms with Gasteiger partial charge >= 0.3 is 11.9 Å². The first-order chi connectivity index (χ1) is 17.2. The highest BCUT2D eigenvalue weighted by Crippen LogP contribution is 2.23. The number of methoxy groups -OCH3 is 2. The summed E-state index contributed by atoms with van der Waals surface area (Å²) in [6.45, 7) is 0. The van der Waals surface area contributed by atoms with Crippen molar-refractivity contribution in [1.82, 2.24) is 15.6 Å². The Morgan fingerprint density at radius 3 is 1.56 bits per heavy atom. The van der Waals surface area contributed by atoms with Gasteiger partial charge in [-0.2, -0.15) is 0 Å². The van der Waals surface area contributed by atoms with Crippen LogP contribution in [0.4, 0.5) is 0 Å². The number of carbonyl (C=O) groups excluding carboxylic acids is 6. The van der Waals surface area contributed by atoms with E-state index in [9.17, 15) is 28.8 Å². The Morgan fingerprint density at radius 2 is 1.17 bits per heavy atom. The molecule has 2 bridgehead atoms. The third-order valence-electron chi connectivity index (χ3n) is 4.93. The fraction of sp³-hybridized carbons (Fsp3) is 0.261. The summed E-state index contributed by atoms with van der Waals surface area (Å²) in [4.78, 5) is 79.9. The minimum absolute atomic E-state index is 0.0891. The standard InChI is InChI=1S/C23H21N3O8S2/c1-33-20(29)16-10-35-22(31)12-6-3-4-7-13(12)23(32)36-11-17(21(30)34-2)26-19(28)15-9-5-8-14(24-15)18(27)25-16/h3-9,16-17H,10-11H2,1-2H3,(H,25,27)(H,26,28)/t16-,17-/m1/s1. The molecule has 3 rings (SSSR count). The van der Waals surface area contributed by atoms with Crippen LogP contribution in [0.15, 0.2) is 42.5 Å². The number of thioether (sulfide) groups is 2. The smallest absolute Gasteiger partial charge is 0.329 e. The fourth-order valence-electron chi connectivity index (χ4n) is 3.09. The van der Waals surface area contributed by atoms with Crippen molar-refractivity contribution in [2.45, 2.75) is 12.1 Å². The number of pyridine rings is 1. The summed E-state index contributed by atoms with van der Waals surface area (Å²) in [6.07, 6.45) is 0. The van der Waals surface area contributed by atoms with E-state index in [0.717, 1.165) is 37.7 Å². The molecule has 0 saturated carbocycles. The Bertz CT molecular complexity index is 1130. The first kappa shape index (κ1) is 26.9. The summed E-state index contributed by atoms with van der Waals surface area (Å²) in [6, 6.07) is 7.69. The molecule has 2 atom stereocenters. The third-order valence-corrected chi connectivity index (χ3v) is 6.89. The average molecular weight is 532 g/mol. The van der Waals surface area contributed by atoms with Crippen molar-refractivity contribution in [3.05, 3.63) is 65.0 Å². The van der Waals surface area contributed by atoms with Crippen molar-refractivity contribution >= 4 is 57.5 Å². The van der Waals surface area contributed by atoms with Gasteiger partial charge in [0.05, 0.1) is 14.2 Å². The van der Waals surface area contributed by atoms with E-state index in [1.54, 1.807) is 12.1 Å². The predicted molar refractivity (Wildman–Crippen MR) is 131 cm³/mol. The topological polar surface area (TPSA) is 158 Å². The Balaban J connectivity index is 2.02. The zero-order chi connectivity index (χ0) is 26.2. The van der Waals surface area contributed by atoms with Gasteiger partial charge in [0.25, 0.3) is 11.8 Å². The highest BCUT2D eigenvalue weighted by atomic mass is 32.2. The van der Waals surface area contributed by atoms with E-state index in [4.69, 9.17) is 9.47 Å². The van der Waals surface area contributed by atoms with Gasteiger partial charge in [-0.15, -0.1) is 0 Å². The summed E-state index contributed by atoms with van der Waals surface area (Å²) >= 11 is 1.44. The van der Waals surface area contributed by atoms with Crippen LogP contribution in [0.25, 0.3) is 0 Å². The first-order valence-electron chi connectivity index (χ1n) is 10.4. The molecule has 2 amide bonds. The molecule has 1 aliphatic heterocycles. The van der Waals surface area contributed by atoms with Crippen LogP contribution in [0.2, 0.25) is 0 Å². The van der Waals surface area contributed by atoms with E-state index in [0.29, 0.717) is 0 Å². The van der Waals surface area contributed by atoms with Crippen LogP contribution < -0.4 is 10.6 Å². The van der Waals surface area contributed by atoms with Gasteiger partial charge in [-0.05, 0) is 24.3 Å². The predicted octanol–water partition coefficient (Wildman–Crippen LogP) is 1.08. The lowest BCUT2D eigenvalue weighted by Gasteiger charge is -2.16. The van der Waals surface area contributed by atoms with E-state index < -0.39 is 46.1 Å². The van der Waals surface area contributed by atoms with Gasteiger partial charge in [-0.1, -0.05) is 41.7 Å². The monoisotopic (exact) mass is 531 g/mol. The van der Waals surface area contributed by atoms with Gasteiger partial charge in [0.2, 0.25) is 10.2 Å². The molecule has 1 aromatic heterocycles. The molecule has 0 aliphatic carbocycles. The number of carbonyl (C=O) groups is 6. The van der Waals surface area contributed by atoms with E-state index in [1.807, 2.05) is 0 Å². The fourth-order valence-corrected chi connectivity index (χ4v) is 4.83. The number of esters is 2. The molecule has 2 aromatic rings. The zero-order valence-corrected chi connectivity index (χ0v) is 20.8. The van der Waals surface area contributed by atoms with Crippen molar-refractivity contribution in [2.75, 3.05) is 25.7 Å². The number of benzene rings is 1. The molecule has 11 nitrogen and oxygen atoms in total. The molecule has 1 aromatic carbocycles. The maximum atomic E-state index is 12.9. The molecule has 0 fully saturated rings. The van der Waals surface area contributed by atoms with Crippen LogP contribution in [-0.2, 0) is 19.1 Å². The van der Waals surface area contributed by atoms with E-state index >= 15 is 0 Å². The summed E-state index contributed by atoms with van der Waals surface area (Å²) in [5.41, 5.74) is -0.180. The van der Waals surface area contributed by atoms with Crippen LogP contribution >= 0.6 is 23.5 Å². The quantitative estimate of drug-likeness (QED) is 0.534. The largest absolute Gasteiger partial charge is 0.467 e. The first-order valence-corrected chi connectivity index (χ1v) is 12.4. The summed E-state index contributed by atoms with van der Waals surface area (Å²) in [5.74, 6) is -3.52. The Labute approximate surface area is 214 Å². The second-order valence-electron chi connectivity index (χ2n) is 7.25. The lowest BCUT2D eigenvalue weighted by Crippen LogP contribution is -2.44. The second kappa shape index (κ2) is 12.3. The lowest BCUT2D eigenvalue weighted by molar-refractivity contribution is -0.143. The number of nitrogens with zero attached hydrogens (tertiary/aromatic N) is 1.